The smallest absolute Gasteiger partial charge is 0.169 e. The van der Waals surface area contributed by atoms with Gasteiger partial charge in [0.15, 0.2) is 4.67 Å². The molecule has 5 heteroatoms. The Kier molecular flexibility index (Phi) is 3.51. The largest absolute Gasteiger partial charge is 0.452 e. The number of rotatable bonds is 3. The van der Waals surface area contributed by atoms with E-state index in [9.17, 15) is 4.39 Å². The van der Waals surface area contributed by atoms with Crippen molar-refractivity contribution in [1.29, 1.82) is 0 Å². The molecule has 84 valence electrons. The number of nitrogens with one attached hydrogen (secondary N) is 1. The molecule has 1 aromatic heterocycles. The molecule has 1 aromatic carbocycles. The van der Waals surface area contributed by atoms with Gasteiger partial charge in [0.1, 0.15) is 11.6 Å². The van der Waals surface area contributed by atoms with Crippen molar-refractivity contribution in [1.82, 2.24) is 0 Å². The Morgan fingerprint density at radius 2 is 2.12 bits per heavy atom. The molecule has 0 unspecified atom stereocenters. The van der Waals surface area contributed by atoms with E-state index >= 15 is 0 Å². The Morgan fingerprint density at radius 1 is 1.31 bits per heavy atom. The molecule has 1 N–H and O–H groups in total. The second-order valence-electron chi connectivity index (χ2n) is 3.22. The summed E-state index contributed by atoms with van der Waals surface area (Å²) in [5.41, 5.74) is 0.623. The van der Waals surface area contributed by atoms with Crippen LogP contribution in [0.1, 0.15) is 5.76 Å². The van der Waals surface area contributed by atoms with Crippen molar-refractivity contribution in [3.05, 3.63) is 51.6 Å². The van der Waals surface area contributed by atoms with Gasteiger partial charge in [-0.3, -0.25) is 0 Å². The average Bonchev–Trinajstić information content (AvgIpc) is 2.60. The van der Waals surface area contributed by atoms with Gasteiger partial charge in [-0.05, 0) is 46.3 Å². The molecular weight excluding hydrogens is 296 g/mol. The zero-order chi connectivity index (χ0) is 11.5. The molecular formula is C11H8BrClFNO. The molecule has 0 amide bonds. The lowest BCUT2D eigenvalue weighted by Gasteiger charge is -2.04. The van der Waals surface area contributed by atoms with Gasteiger partial charge in [-0.2, -0.15) is 0 Å². The Hall–Kier alpha value is -1.000. The molecule has 16 heavy (non-hydrogen) atoms. The van der Waals surface area contributed by atoms with Gasteiger partial charge in [0.05, 0.1) is 6.54 Å². The first kappa shape index (κ1) is 11.5. The first-order chi connectivity index (χ1) is 7.63. The van der Waals surface area contributed by atoms with Gasteiger partial charge in [0.2, 0.25) is 0 Å². The minimum absolute atomic E-state index is 0.364. The van der Waals surface area contributed by atoms with Crippen LogP contribution in [0.2, 0.25) is 5.02 Å². The predicted octanol–water partition coefficient (Wildman–Crippen LogP) is 4.45. The summed E-state index contributed by atoms with van der Waals surface area (Å²) in [6.07, 6.45) is 0. The van der Waals surface area contributed by atoms with E-state index in [4.69, 9.17) is 16.0 Å². The van der Waals surface area contributed by atoms with E-state index in [1.165, 1.54) is 12.1 Å². The number of hydrogen-bond donors (Lipinski definition) is 1. The first-order valence-corrected chi connectivity index (χ1v) is 5.75. The minimum Gasteiger partial charge on any atom is -0.452 e. The van der Waals surface area contributed by atoms with Crippen LogP contribution in [0.5, 0.6) is 0 Å². The first-order valence-electron chi connectivity index (χ1n) is 4.58. The summed E-state index contributed by atoms with van der Waals surface area (Å²) in [6, 6.07) is 7.93. The molecule has 0 fully saturated rings. The summed E-state index contributed by atoms with van der Waals surface area (Å²) in [5, 5.41) is 3.38. The van der Waals surface area contributed by atoms with Crippen LogP contribution >= 0.6 is 27.5 Å². The number of anilines is 1. The fraction of sp³-hybridized carbons (Fsp3) is 0.0909. The topological polar surface area (TPSA) is 25.2 Å². The molecule has 0 spiro atoms. The molecule has 0 saturated carbocycles. The van der Waals surface area contributed by atoms with Crippen molar-refractivity contribution < 1.29 is 8.81 Å². The fourth-order valence-electron chi connectivity index (χ4n) is 1.29. The number of halogens is 3. The number of benzene rings is 1. The molecule has 1 heterocycles. The highest BCUT2D eigenvalue weighted by atomic mass is 79.9. The van der Waals surface area contributed by atoms with E-state index in [1.54, 1.807) is 12.1 Å². The number of hydrogen-bond acceptors (Lipinski definition) is 2. The highest BCUT2D eigenvalue weighted by Gasteiger charge is 2.01. The highest BCUT2D eigenvalue weighted by molar-refractivity contribution is 9.10. The summed E-state index contributed by atoms with van der Waals surface area (Å²) in [5.74, 6) is 0.392. The van der Waals surface area contributed by atoms with Crippen molar-refractivity contribution in [3.8, 4) is 0 Å². The summed E-state index contributed by atoms with van der Waals surface area (Å²) in [4.78, 5) is 0. The maximum atomic E-state index is 13.0. The van der Waals surface area contributed by atoms with E-state index in [1.807, 2.05) is 6.07 Å². The zero-order valence-electron chi connectivity index (χ0n) is 8.14. The molecule has 0 aliphatic rings. The van der Waals surface area contributed by atoms with Crippen LogP contribution in [0.25, 0.3) is 0 Å². The normalized spacial score (nSPS) is 10.4. The van der Waals surface area contributed by atoms with Gasteiger partial charge in [0.25, 0.3) is 0 Å². The predicted molar refractivity (Wildman–Crippen MR) is 65.1 cm³/mol. The maximum Gasteiger partial charge on any atom is 0.169 e. The molecule has 0 aliphatic heterocycles. The van der Waals surface area contributed by atoms with Crippen molar-refractivity contribution in [3.63, 3.8) is 0 Å². The molecule has 0 aliphatic carbocycles. The Morgan fingerprint density at radius 3 is 2.75 bits per heavy atom. The van der Waals surface area contributed by atoms with Crippen LogP contribution < -0.4 is 5.32 Å². The molecule has 0 bridgehead atoms. The monoisotopic (exact) mass is 303 g/mol. The molecule has 0 atom stereocenters. The van der Waals surface area contributed by atoms with Crippen molar-refractivity contribution >= 4 is 33.2 Å². The van der Waals surface area contributed by atoms with Crippen LogP contribution in [-0.4, -0.2) is 0 Å². The van der Waals surface area contributed by atoms with Crippen LogP contribution in [0.4, 0.5) is 10.1 Å². The van der Waals surface area contributed by atoms with E-state index in [0.717, 1.165) is 5.76 Å². The van der Waals surface area contributed by atoms with E-state index in [2.05, 4.69) is 21.2 Å². The maximum absolute atomic E-state index is 13.0. The van der Waals surface area contributed by atoms with Gasteiger partial charge in [-0.15, -0.1) is 0 Å². The minimum atomic E-state index is -0.365. The molecule has 2 aromatic rings. The molecule has 2 nitrogen and oxygen atoms in total. The Labute approximate surface area is 106 Å². The average molecular weight is 305 g/mol. The Balaban J connectivity index is 2.04. The van der Waals surface area contributed by atoms with Crippen LogP contribution in [-0.2, 0) is 6.54 Å². The zero-order valence-corrected chi connectivity index (χ0v) is 10.5. The van der Waals surface area contributed by atoms with Gasteiger partial charge in [0, 0.05) is 10.7 Å². The van der Waals surface area contributed by atoms with Gasteiger partial charge in [-0.1, -0.05) is 11.6 Å². The van der Waals surface area contributed by atoms with E-state index in [0.29, 0.717) is 21.9 Å². The summed E-state index contributed by atoms with van der Waals surface area (Å²) >= 11 is 8.93. The van der Waals surface area contributed by atoms with E-state index in [-0.39, 0.29) is 5.82 Å². The third-order valence-electron chi connectivity index (χ3n) is 1.96. The summed E-state index contributed by atoms with van der Waals surface area (Å²) in [6.45, 7) is 0.478. The fourth-order valence-corrected chi connectivity index (χ4v) is 1.85. The highest BCUT2D eigenvalue weighted by Crippen LogP contribution is 2.20. The lowest BCUT2D eigenvalue weighted by Crippen LogP contribution is -1.98. The van der Waals surface area contributed by atoms with E-state index < -0.39 is 0 Å². The van der Waals surface area contributed by atoms with Crippen LogP contribution in [0.3, 0.4) is 0 Å². The Bertz CT molecular complexity index is 480. The standard InChI is InChI=1S/C11H8BrClFNO/c12-11-2-1-10(16-11)6-15-9-4-7(13)3-8(14)5-9/h1-5,15H,6H2. The van der Waals surface area contributed by atoms with Gasteiger partial charge < -0.3 is 9.73 Å². The third-order valence-corrected chi connectivity index (χ3v) is 2.60. The third kappa shape index (κ3) is 3.00. The quantitative estimate of drug-likeness (QED) is 0.906. The second-order valence-corrected chi connectivity index (χ2v) is 4.44. The van der Waals surface area contributed by atoms with Gasteiger partial charge >= 0.3 is 0 Å². The SMILES string of the molecule is Fc1cc(Cl)cc(NCc2ccc(Br)o2)c1. The molecule has 0 radical (unpaired) electrons. The van der Waals surface area contributed by atoms with Crippen LogP contribution in [0.15, 0.2) is 39.4 Å². The number of furan rings is 1. The molecule has 2 rings (SSSR count). The summed E-state index contributed by atoms with van der Waals surface area (Å²) in [7, 11) is 0. The van der Waals surface area contributed by atoms with Crippen molar-refractivity contribution in [2.45, 2.75) is 6.54 Å². The second kappa shape index (κ2) is 4.89. The van der Waals surface area contributed by atoms with Crippen molar-refractivity contribution in [2.24, 2.45) is 0 Å². The lowest BCUT2D eigenvalue weighted by molar-refractivity contribution is 0.495. The summed E-state index contributed by atoms with van der Waals surface area (Å²) < 4.78 is 19.0. The van der Waals surface area contributed by atoms with Gasteiger partial charge in [-0.25, -0.2) is 4.39 Å². The van der Waals surface area contributed by atoms with Crippen molar-refractivity contribution in [2.75, 3.05) is 5.32 Å². The molecule has 0 saturated heterocycles. The lowest BCUT2D eigenvalue weighted by atomic mass is 10.3. The van der Waals surface area contributed by atoms with Crippen LogP contribution in [0, 0.1) is 5.82 Å².